The highest BCUT2D eigenvalue weighted by atomic mass is 16.6. The van der Waals surface area contributed by atoms with E-state index < -0.39 is 39.3 Å². The van der Waals surface area contributed by atoms with Crippen LogP contribution in [0.25, 0.3) is 0 Å². The molecule has 1 saturated heterocycles. The van der Waals surface area contributed by atoms with E-state index in [0.29, 0.717) is 48.7 Å². The average Bonchev–Trinajstić information content (AvgIpc) is 3.74. The van der Waals surface area contributed by atoms with Crippen molar-refractivity contribution in [1.82, 2.24) is 5.32 Å². The number of ether oxygens (including phenoxy) is 1. The Morgan fingerprint density at radius 1 is 1.02 bits per heavy atom. The number of hydroxylamine groups is 3. The minimum absolute atomic E-state index is 0.0412. The minimum atomic E-state index is -2.05. The van der Waals surface area contributed by atoms with E-state index in [1.807, 2.05) is 18.2 Å². The summed E-state index contributed by atoms with van der Waals surface area (Å²) in [6.45, 7) is 0.780. The number of aromatic hydroxyl groups is 1. The summed E-state index contributed by atoms with van der Waals surface area (Å²) in [5.74, 6) is -0.113. The predicted octanol–water partition coefficient (Wildman–Crippen LogP) is 3.60. The second-order valence-electron chi connectivity index (χ2n) is 13.0. The molecule has 2 saturated carbocycles. The van der Waals surface area contributed by atoms with Crippen molar-refractivity contribution in [3.05, 3.63) is 100 Å². The van der Waals surface area contributed by atoms with E-state index in [0.717, 1.165) is 24.0 Å². The van der Waals surface area contributed by atoms with Crippen LogP contribution in [0.4, 0.5) is 0 Å². The lowest BCUT2D eigenvalue weighted by atomic mass is 9.47. The Morgan fingerprint density at radius 3 is 2.33 bits per heavy atom. The number of hydrogen-bond donors (Lipinski definition) is 3. The van der Waals surface area contributed by atoms with Gasteiger partial charge in [-0.15, -0.1) is 0 Å². The quantitative estimate of drug-likeness (QED) is 0.310. The van der Waals surface area contributed by atoms with Crippen molar-refractivity contribution in [3.63, 3.8) is 0 Å². The second kappa shape index (κ2) is 8.66. The fourth-order valence-corrected chi connectivity index (χ4v) is 8.92. The van der Waals surface area contributed by atoms with Crippen LogP contribution in [0.15, 0.2) is 72.8 Å². The van der Waals surface area contributed by atoms with Crippen LogP contribution in [-0.4, -0.2) is 57.3 Å². The summed E-state index contributed by atoms with van der Waals surface area (Å²) in [5, 5.41) is 41.6. The van der Waals surface area contributed by atoms with Gasteiger partial charge >= 0.3 is 0 Å². The number of hydrogen-bond acceptors (Lipinski definition) is 6. The molecule has 0 radical (unpaired) electrons. The van der Waals surface area contributed by atoms with Crippen molar-refractivity contribution >= 4 is 11.7 Å². The molecule has 3 N–H and O–H groups in total. The van der Waals surface area contributed by atoms with Crippen molar-refractivity contribution in [2.24, 2.45) is 5.92 Å². The average molecular weight is 567 g/mol. The van der Waals surface area contributed by atoms with E-state index >= 15 is 0 Å². The zero-order chi connectivity index (χ0) is 28.9. The number of carbonyl (C=O) groups is 2. The first-order valence-electron chi connectivity index (χ1n) is 15.0. The number of nitrogens with one attached hydrogen (secondary N) is 1. The van der Waals surface area contributed by atoms with Gasteiger partial charge in [0.1, 0.15) is 11.6 Å². The molecular weight excluding hydrogens is 532 g/mol. The van der Waals surface area contributed by atoms with Crippen LogP contribution >= 0.6 is 0 Å². The maximum Gasteiger partial charge on any atom is 0.262 e. The largest absolute Gasteiger partial charge is 0.633 e. The first-order chi connectivity index (χ1) is 20.2. The van der Waals surface area contributed by atoms with Gasteiger partial charge in [0.25, 0.3) is 5.91 Å². The molecule has 1 amide bonds. The fourth-order valence-electron chi connectivity index (χ4n) is 8.92. The van der Waals surface area contributed by atoms with Gasteiger partial charge < -0.3 is 30.1 Å². The number of rotatable bonds is 6. The highest BCUT2D eigenvalue weighted by Crippen LogP contribution is 2.66. The highest BCUT2D eigenvalue weighted by Gasteiger charge is 2.77. The number of carbonyl (C=O) groups excluding carboxylic acids is 2. The zero-order valence-electron chi connectivity index (χ0n) is 23.3. The van der Waals surface area contributed by atoms with Gasteiger partial charge in [-0.1, -0.05) is 66.7 Å². The summed E-state index contributed by atoms with van der Waals surface area (Å²) in [7, 11) is 0. The Balaban J connectivity index is 1.34. The monoisotopic (exact) mass is 566 g/mol. The first-order valence-corrected chi connectivity index (χ1v) is 15.0. The van der Waals surface area contributed by atoms with Crippen LogP contribution in [0.2, 0.25) is 0 Å². The lowest BCUT2D eigenvalue weighted by molar-refractivity contribution is -0.920. The van der Waals surface area contributed by atoms with E-state index in [1.165, 1.54) is 0 Å². The molecule has 5 atom stereocenters. The standard InChI is InChI=1S/C34H34N2O6/c37-25-14-13-22-19-27-33(35-31(39)34(40,23-7-3-1-4-8-23)24-9-5-2-6-10-24)16-15-26(38)30-32(33,28(22)29(25)42-30)17-18-36(27,41)20-21-11-12-21/h1-10,13-14,21,27,30,37,40H,11-12,15-20H2,(H,35,39)/t27-,30+,32-,33-,36?/m1/s1. The van der Waals surface area contributed by atoms with E-state index in [1.54, 1.807) is 54.6 Å². The van der Waals surface area contributed by atoms with Crippen LogP contribution in [-0.2, 0) is 27.0 Å². The molecule has 3 aliphatic carbocycles. The number of likely N-dealkylation sites (tertiary alicyclic amines) is 1. The maximum absolute atomic E-state index is 15.0. The SMILES string of the molecule is O=C1CC[C@@]2(NC(=O)C(O)(c3ccccc3)c3ccccc3)[C@H]3Cc4ccc(O)c5c4[C@]2(CC[N+]3([O-])CC2CC2)[C@H]1O5. The van der Waals surface area contributed by atoms with Gasteiger partial charge in [-0.2, -0.15) is 0 Å². The molecule has 3 fully saturated rings. The Morgan fingerprint density at radius 2 is 1.69 bits per heavy atom. The van der Waals surface area contributed by atoms with E-state index in [4.69, 9.17) is 4.74 Å². The van der Waals surface area contributed by atoms with Gasteiger partial charge in [0.15, 0.2) is 29.0 Å². The molecule has 8 rings (SSSR count). The molecule has 8 nitrogen and oxygen atoms in total. The second-order valence-corrected chi connectivity index (χ2v) is 13.0. The molecule has 8 heteroatoms. The number of aliphatic hydroxyl groups is 1. The molecule has 2 aliphatic heterocycles. The number of benzene rings is 3. The fraction of sp³-hybridized carbons (Fsp3) is 0.412. The molecule has 2 bridgehead atoms. The molecule has 3 aromatic carbocycles. The summed E-state index contributed by atoms with van der Waals surface area (Å²) in [6, 6.07) is 20.5. The molecule has 5 aliphatic rings. The van der Waals surface area contributed by atoms with Crippen LogP contribution in [0.1, 0.15) is 54.4 Å². The van der Waals surface area contributed by atoms with E-state index in [2.05, 4.69) is 5.32 Å². The van der Waals surface area contributed by atoms with Crippen LogP contribution in [0.3, 0.4) is 0 Å². The Bertz CT molecular complexity index is 1570. The first kappa shape index (κ1) is 25.9. The Labute approximate surface area is 244 Å². The van der Waals surface area contributed by atoms with Gasteiger partial charge in [-0.25, -0.2) is 0 Å². The van der Waals surface area contributed by atoms with Crippen molar-refractivity contribution in [2.75, 3.05) is 13.1 Å². The molecule has 216 valence electrons. The molecule has 1 unspecified atom stereocenters. The predicted molar refractivity (Wildman–Crippen MR) is 153 cm³/mol. The van der Waals surface area contributed by atoms with Gasteiger partial charge in [-0.3, -0.25) is 9.59 Å². The summed E-state index contributed by atoms with van der Waals surface area (Å²) < 4.78 is 5.88. The lowest BCUT2D eigenvalue weighted by Gasteiger charge is -2.69. The van der Waals surface area contributed by atoms with Gasteiger partial charge in [0.05, 0.1) is 18.5 Å². The summed E-state index contributed by atoms with van der Waals surface area (Å²) >= 11 is 0. The highest BCUT2D eigenvalue weighted by molar-refractivity contribution is 5.94. The number of phenols is 1. The van der Waals surface area contributed by atoms with Crippen LogP contribution in [0, 0.1) is 11.1 Å². The minimum Gasteiger partial charge on any atom is -0.633 e. The topological polar surface area (TPSA) is 119 Å². The van der Waals surface area contributed by atoms with Crippen molar-refractivity contribution in [3.8, 4) is 11.5 Å². The van der Waals surface area contributed by atoms with Crippen LogP contribution < -0.4 is 10.1 Å². The zero-order valence-corrected chi connectivity index (χ0v) is 23.3. The van der Waals surface area contributed by atoms with E-state index in [-0.39, 0.29) is 24.4 Å². The van der Waals surface area contributed by atoms with E-state index in [9.17, 15) is 25.0 Å². The third kappa shape index (κ3) is 3.23. The molecule has 1 spiro atoms. The van der Waals surface area contributed by atoms with Gasteiger partial charge in [-0.05, 0) is 42.0 Å². The van der Waals surface area contributed by atoms with Gasteiger partial charge in [0.2, 0.25) is 0 Å². The Hall–Kier alpha value is -3.72. The third-order valence-corrected chi connectivity index (χ3v) is 11.0. The number of phenolic OH excluding ortho intramolecular Hbond substituents is 1. The summed E-state index contributed by atoms with van der Waals surface area (Å²) in [5.41, 5.74) is -1.77. The van der Waals surface area contributed by atoms with Crippen molar-refractivity contribution in [2.45, 2.75) is 67.2 Å². The third-order valence-electron chi connectivity index (χ3n) is 11.0. The normalized spacial score (nSPS) is 32.6. The van der Waals surface area contributed by atoms with Crippen molar-refractivity contribution in [1.29, 1.82) is 0 Å². The van der Waals surface area contributed by atoms with Gasteiger partial charge in [0, 0.05) is 30.7 Å². The summed E-state index contributed by atoms with van der Waals surface area (Å²) in [4.78, 5) is 28.4. The summed E-state index contributed by atoms with van der Waals surface area (Å²) in [6.07, 6.45) is 2.26. The smallest absolute Gasteiger partial charge is 0.262 e. The molecule has 3 aromatic rings. The Kier molecular flexibility index (Phi) is 5.35. The number of quaternary nitrogens is 1. The number of piperidine rings is 1. The number of nitrogens with zero attached hydrogens (tertiary/aromatic N) is 1. The lowest BCUT2D eigenvalue weighted by Crippen LogP contribution is -2.85. The van der Waals surface area contributed by atoms with Crippen LogP contribution in [0.5, 0.6) is 11.5 Å². The molecular formula is C34H34N2O6. The molecule has 2 heterocycles. The van der Waals surface area contributed by atoms with Crippen molar-refractivity contribution < 1.29 is 29.2 Å². The molecule has 0 aromatic heterocycles. The number of amides is 1. The number of Topliss-reactive ketones (excluding diaryl/α,β-unsaturated/α-hetero) is 1. The maximum atomic E-state index is 15.0. The molecule has 42 heavy (non-hydrogen) atoms. The number of ketones is 1.